The van der Waals surface area contributed by atoms with Gasteiger partial charge in [-0.25, -0.2) is 29.8 Å². The number of aromatic nitrogens is 4. The third-order valence-electron chi connectivity index (χ3n) is 14.9. The predicted octanol–water partition coefficient (Wildman–Crippen LogP) is -0.520. The summed E-state index contributed by atoms with van der Waals surface area (Å²) < 4.78 is 11.1. The van der Waals surface area contributed by atoms with E-state index in [1.54, 1.807) is 47.6 Å². The molecule has 7 atom stereocenters. The monoisotopic (exact) mass is 1310 g/mol. The molecule has 1 aromatic carbocycles. The lowest BCUT2D eigenvalue weighted by Crippen LogP contribution is -2.55. The number of H-pyrrole nitrogens is 1. The highest BCUT2D eigenvalue weighted by molar-refractivity contribution is 8.76. The van der Waals surface area contributed by atoms with Crippen LogP contribution in [0.3, 0.4) is 0 Å². The molecule has 3 aromatic rings. The van der Waals surface area contributed by atoms with Crippen LogP contribution in [0.15, 0.2) is 62.9 Å². The van der Waals surface area contributed by atoms with Crippen LogP contribution in [-0.4, -0.2) is 204 Å². The largest absolute Gasteiger partial charge is 0.480 e. The van der Waals surface area contributed by atoms with E-state index in [2.05, 4.69) is 62.4 Å². The minimum atomic E-state index is -1.45. The van der Waals surface area contributed by atoms with Crippen LogP contribution in [0.1, 0.15) is 81.8 Å². The Hall–Kier alpha value is -8.67. The summed E-state index contributed by atoms with van der Waals surface area (Å²) in [7, 11) is 6.04. The summed E-state index contributed by atoms with van der Waals surface area (Å²) in [5.41, 5.74) is 14.8. The number of benzene rings is 1. The van der Waals surface area contributed by atoms with Crippen molar-refractivity contribution in [2.24, 2.45) is 16.8 Å². The summed E-state index contributed by atoms with van der Waals surface area (Å²) in [6, 6.07) is 3.22. The number of carboxylic acid groups (broad SMARTS) is 2. The minimum Gasteiger partial charge on any atom is -0.480 e. The Bertz CT molecular complexity index is 3480. The van der Waals surface area contributed by atoms with E-state index in [1.807, 2.05) is 11.8 Å². The molecule has 6 heterocycles. The van der Waals surface area contributed by atoms with Crippen LogP contribution in [0.25, 0.3) is 11.2 Å². The van der Waals surface area contributed by atoms with Gasteiger partial charge in [-0.2, -0.15) is 10.1 Å². The first-order valence-corrected chi connectivity index (χ1v) is 31.9. The maximum atomic E-state index is 13.8. The van der Waals surface area contributed by atoms with Gasteiger partial charge >= 0.3 is 18.0 Å². The van der Waals surface area contributed by atoms with E-state index in [9.17, 15) is 67.7 Å². The van der Waals surface area contributed by atoms with Gasteiger partial charge < -0.3 is 68.0 Å². The average molecular weight is 1310 g/mol. The van der Waals surface area contributed by atoms with Crippen molar-refractivity contribution >= 4 is 127 Å². The molecule has 32 nitrogen and oxygen atoms in total. The summed E-state index contributed by atoms with van der Waals surface area (Å²) in [6.45, 7) is 6.79. The number of hydrogen-bond acceptors (Lipinski definition) is 26. The van der Waals surface area contributed by atoms with Crippen LogP contribution in [0.5, 0.6) is 0 Å². The molecule has 90 heavy (non-hydrogen) atoms. The second kappa shape index (κ2) is 31.2. The summed E-state index contributed by atoms with van der Waals surface area (Å²) in [5.74, 6) is -5.45. The van der Waals surface area contributed by atoms with Gasteiger partial charge in [0.25, 0.3) is 11.5 Å². The number of carboxylic acids is 2. The van der Waals surface area contributed by atoms with Gasteiger partial charge in [0.1, 0.15) is 18.7 Å². The number of thioether (sulfide) groups is 1. The zero-order chi connectivity index (χ0) is 65.6. The third kappa shape index (κ3) is 17.0. The van der Waals surface area contributed by atoms with Crippen LogP contribution < -0.4 is 54.4 Å². The van der Waals surface area contributed by atoms with Gasteiger partial charge in [0, 0.05) is 111 Å². The number of carbonyl (C=O) groups is 11. The number of nitrogen functional groups attached to an aromatic ring is 1. The van der Waals surface area contributed by atoms with Gasteiger partial charge in [-0.1, -0.05) is 28.5 Å². The number of aliphatic carboxylic acids is 2. The van der Waals surface area contributed by atoms with Crippen LogP contribution >= 0.6 is 33.3 Å². The number of hydrogen-bond donors (Lipinski definition) is 12. The number of imide groups is 1. The van der Waals surface area contributed by atoms with Gasteiger partial charge in [0.2, 0.25) is 47.1 Å². The standard InChI is InChI=1S/C28H41N7O7S2.C27H29N9O9S/c1-5-6-20(37)34-33-15(2)7-8-19(36)30-9-11-43-44-12-10-31-22-16(3)24(38)23-21(25(22)39)17(14-42-27(29)40)28(41-4)26-18(32-26)13-35(23)28;1-36-19(38)8-17(24(36)41)46-11-16(26(44)45)32-18(37)7-6-15(25(42)43)33-22(39)12-2-4-13(5-3-12)29-9-14-10-30-21-20(31-14)23(40)35-27(28)34-21/h17-18,26,31-32H,5-14H2,1-4H3,(H2,29,40)(H,30,36)(H,34,37);2-5,10,15-17,29H,6-9,11H2,1H3,(H,32,37)(H,33,39)(H,42,43)(H,44,45)(H3,28,30,34,35,40)/b33-15+;/t17?,18?,26?,28-;15-,16-,17?/m10/s1. The van der Waals surface area contributed by atoms with Crippen molar-refractivity contribution in [3.05, 3.63) is 74.6 Å². The number of ketones is 2. The number of likely N-dealkylation sites (tertiary alicyclic amines) is 1. The Labute approximate surface area is 526 Å². The molecule has 484 valence electrons. The number of hydrazone groups is 1. The fraction of sp³-hybridized carbons (Fsp3) is 0.491. The molecular weight excluding hydrogens is 1240 g/mol. The van der Waals surface area contributed by atoms with E-state index in [-0.39, 0.29) is 108 Å². The average Bonchev–Trinajstić information content (AvgIpc) is 1.50. The topological polar surface area (TPSA) is 483 Å². The first-order chi connectivity index (χ1) is 42.9. The van der Waals surface area contributed by atoms with Gasteiger partial charge in [0.15, 0.2) is 16.9 Å². The van der Waals surface area contributed by atoms with E-state index in [4.69, 9.17) is 20.9 Å². The van der Waals surface area contributed by atoms with Crippen LogP contribution in [0.4, 0.5) is 16.4 Å². The summed E-state index contributed by atoms with van der Waals surface area (Å²) in [6.07, 6.45) is 1.57. The predicted molar refractivity (Wildman–Crippen MR) is 330 cm³/mol. The Balaban J connectivity index is 0.000000256. The van der Waals surface area contributed by atoms with Crippen molar-refractivity contribution < 1.29 is 72.4 Å². The number of allylic oxidation sites excluding steroid dienone is 2. The lowest BCUT2D eigenvalue weighted by atomic mass is 9.82. The molecule has 0 saturated carbocycles. The lowest BCUT2D eigenvalue weighted by molar-refractivity contribution is -0.142. The number of rotatable bonds is 31. The molecule has 4 unspecified atom stereocenters. The zero-order valence-electron chi connectivity index (χ0n) is 49.6. The number of nitrogens with zero attached hydrogens (tertiary/aromatic N) is 6. The van der Waals surface area contributed by atoms with Crippen LogP contribution in [0, 0.1) is 5.92 Å². The number of carbonyl (C=O) groups excluding carboxylic acids is 9. The maximum absolute atomic E-state index is 13.8. The number of amides is 7. The van der Waals surface area contributed by atoms with E-state index in [1.165, 1.54) is 32.5 Å². The molecule has 0 bridgehead atoms. The highest BCUT2D eigenvalue weighted by Gasteiger charge is 2.72. The van der Waals surface area contributed by atoms with E-state index >= 15 is 0 Å². The molecule has 3 fully saturated rings. The highest BCUT2D eigenvalue weighted by atomic mass is 33.1. The SMILES string of the molecule is CCCC(=O)N/N=C(\C)CCC(=O)NCCSSCCNC1=C(C)C(=O)C2=C(C1=O)C(COC(N)=O)[C@@]1(OC)C3NC3CN21.CN1C(=O)CC(SC[C@H](NC(=O)CC[C@H](NC(=O)c2ccc(NCc3cnc4nc(N)[nH]c(=O)c4n3)cc2)C(=O)O)C(=O)O)C1=O. The van der Waals surface area contributed by atoms with Crippen molar-refractivity contribution in [2.75, 3.05) is 68.7 Å². The quantitative estimate of drug-likeness (QED) is 0.00733. The molecule has 5 aliphatic rings. The number of Topliss-reactive ketones (excluding diaryl/α,β-unsaturated/α-hetero) is 2. The van der Waals surface area contributed by atoms with E-state index in [0.29, 0.717) is 77.9 Å². The van der Waals surface area contributed by atoms with Crippen molar-refractivity contribution in [1.29, 1.82) is 0 Å². The molecule has 2 aromatic heterocycles. The molecule has 3 saturated heterocycles. The van der Waals surface area contributed by atoms with Crippen LogP contribution in [0.2, 0.25) is 0 Å². The number of ether oxygens (including phenoxy) is 2. The zero-order valence-corrected chi connectivity index (χ0v) is 52.1. The first-order valence-electron chi connectivity index (χ1n) is 28.3. The maximum Gasteiger partial charge on any atom is 0.404 e. The second-order valence-corrected chi connectivity index (χ2v) is 25.0. The molecule has 4 aliphatic heterocycles. The van der Waals surface area contributed by atoms with Crippen molar-refractivity contribution in [3.63, 3.8) is 0 Å². The summed E-state index contributed by atoms with van der Waals surface area (Å²) in [4.78, 5) is 164. The van der Waals surface area contributed by atoms with Crippen molar-refractivity contribution in [1.82, 2.24) is 61.7 Å². The van der Waals surface area contributed by atoms with Crippen molar-refractivity contribution in [3.8, 4) is 0 Å². The molecule has 1 aliphatic carbocycles. The highest BCUT2D eigenvalue weighted by Crippen LogP contribution is 2.55. The van der Waals surface area contributed by atoms with E-state index in [0.717, 1.165) is 23.1 Å². The smallest absolute Gasteiger partial charge is 0.404 e. The number of fused-ring (bicyclic) bond motifs is 5. The number of aromatic amines is 1. The van der Waals surface area contributed by atoms with Gasteiger partial charge in [-0.15, -0.1) is 11.8 Å². The van der Waals surface area contributed by atoms with Gasteiger partial charge in [-0.3, -0.25) is 53.0 Å². The summed E-state index contributed by atoms with van der Waals surface area (Å²) >= 11 is 0.930. The first kappa shape index (κ1) is 68.8. The second-order valence-electron chi connectivity index (χ2n) is 21.1. The normalized spacial score (nSPS) is 20.5. The number of anilines is 2. The van der Waals surface area contributed by atoms with Crippen LogP contribution in [-0.2, 0) is 59.2 Å². The Morgan fingerprint density at radius 1 is 0.900 bits per heavy atom. The Morgan fingerprint density at radius 2 is 1.61 bits per heavy atom. The number of methoxy groups -OCH3 is 1. The fourth-order valence-electron chi connectivity index (χ4n) is 10.2. The third-order valence-corrected chi connectivity index (χ3v) is 18.6. The molecule has 0 radical (unpaired) electrons. The fourth-order valence-corrected chi connectivity index (χ4v) is 13.2. The Kier molecular flexibility index (Phi) is 23.8. The Morgan fingerprint density at radius 3 is 2.27 bits per heavy atom. The molecule has 8 rings (SSSR count). The molecule has 0 spiro atoms. The summed E-state index contributed by atoms with van der Waals surface area (Å²) in [5, 5.41) is 39.4. The van der Waals surface area contributed by atoms with Crippen molar-refractivity contribution in [2.45, 2.75) is 107 Å². The van der Waals surface area contributed by atoms with Gasteiger partial charge in [0.05, 0.1) is 47.0 Å². The molecule has 7 amide bonds. The number of nitrogens with one attached hydrogen (secondary N) is 8. The molecule has 35 heteroatoms. The van der Waals surface area contributed by atoms with E-state index < -0.39 is 76.7 Å². The molecular formula is C55H70N16O16S3. The number of nitrogens with two attached hydrogens (primary N) is 2. The lowest BCUT2D eigenvalue weighted by Gasteiger charge is -2.39. The minimum absolute atomic E-state index is 0.0237. The number of primary amides is 1. The molecule has 14 N–H and O–H groups in total. The number of piperazine rings is 1. The van der Waals surface area contributed by atoms with Gasteiger partial charge in [-0.05, 0) is 57.4 Å².